The number of rotatable bonds is 4. The van der Waals surface area contributed by atoms with Crippen molar-refractivity contribution in [3.8, 4) is 17.4 Å². The van der Waals surface area contributed by atoms with Crippen LogP contribution in [-0.4, -0.2) is 24.1 Å². The van der Waals surface area contributed by atoms with E-state index in [1.54, 1.807) is 31.3 Å². The molecule has 0 unspecified atom stereocenters. The van der Waals surface area contributed by atoms with Crippen LogP contribution in [0.25, 0.3) is 0 Å². The minimum Gasteiger partial charge on any atom is -0.493 e. The first kappa shape index (κ1) is 12.1. The summed E-state index contributed by atoms with van der Waals surface area (Å²) in [6.07, 6.45) is 1.05. The van der Waals surface area contributed by atoms with E-state index in [4.69, 9.17) is 9.47 Å². The molecular weight excluding hydrogens is 237 g/mol. The molecular formula is C12H12FN3O2. The molecule has 0 fully saturated rings. The van der Waals surface area contributed by atoms with Crippen LogP contribution in [0.4, 0.5) is 10.3 Å². The topological polar surface area (TPSA) is 56.3 Å². The predicted octanol–water partition coefficient (Wildman–Crippen LogP) is 2.46. The van der Waals surface area contributed by atoms with Crippen molar-refractivity contribution in [1.82, 2.24) is 9.97 Å². The third kappa shape index (κ3) is 2.48. The van der Waals surface area contributed by atoms with Gasteiger partial charge in [0.25, 0.3) is 5.88 Å². The van der Waals surface area contributed by atoms with Crippen LogP contribution in [0.2, 0.25) is 0 Å². The fourth-order valence-electron chi connectivity index (χ4n) is 1.35. The maximum absolute atomic E-state index is 13.5. The Morgan fingerprint density at radius 3 is 2.61 bits per heavy atom. The maximum atomic E-state index is 13.5. The molecule has 1 heterocycles. The fraction of sp³-hybridized carbons (Fsp3) is 0.167. The maximum Gasteiger partial charge on any atom is 0.261 e. The van der Waals surface area contributed by atoms with E-state index in [2.05, 4.69) is 15.3 Å². The first-order valence-electron chi connectivity index (χ1n) is 5.25. The van der Waals surface area contributed by atoms with E-state index in [0.29, 0.717) is 11.5 Å². The van der Waals surface area contributed by atoms with Gasteiger partial charge in [0.2, 0.25) is 11.8 Å². The molecule has 0 aliphatic heterocycles. The molecule has 1 aromatic heterocycles. The van der Waals surface area contributed by atoms with Gasteiger partial charge in [-0.25, -0.2) is 4.98 Å². The second-order valence-electron chi connectivity index (χ2n) is 3.35. The lowest BCUT2D eigenvalue weighted by atomic mass is 10.3. The molecule has 0 saturated heterocycles. The van der Waals surface area contributed by atoms with Crippen molar-refractivity contribution in [3.63, 3.8) is 0 Å². The Labute approximate surface area is 104 Å². The predicted molar refractivity (Wildman–Crippen MR) is 64.6 cm³/mol. The number of methoxy groups -OCH3 is 1. The summed E-state index contributed by atoms with van der Waals surface area (Å²) in [5.74, 6) is 0.376. The molecule has 2 rings (SSSR count). The van der Waals surface area contributed by atoms with Crippen LogP contribution in [0, 0.1) is 5.82 Å². The van der Waals surface area contributed by atoms with E-state index in [1.807, 2.05) is 0 Å². The molecule has 0 spiro atoms. The van der Waals surface area contributed by atoms with Crippen LogP contribution >= 0.6 is 0 Å². The number of benzene rings is 1. The van der Waals surface area contributed by atoms with Crippen molar-refractivity contribution in [2.45, 2.75) is 0 Å². The van der Waals surface area contributed by atoms with Crippen LogP contribution in [0.5, 0.6) is 17.4 Å². The van der Waals surface area contributed by atoms with Crippen molar-refractivity contribution in [2.75, 3.05) is 19.5 Å². The zero-order valence-electron chi connectivity index (χ0n) is 9.98. The zero-order chi connectivity index (χ0) is 13.0. The minimum absolute atomic E-state index is 0.154. The highest BCUT2D eigenvalue weighted by Crippen LogP contribution is 2.31. The summed E-state index contributed by atoms with van der Waals surface area (Å²) in [6, 6.07) is 6.93. The van der Waals surface area contributed by atoms with Gasteiger partial charge in [-0.3, -0.25) is 0 Å². The standard InChI is InChI=1S/C12H12FN3O2/c1-14-12-15-7-8(13)11(16-12)18-10-6-4-3-5-9(10)17-2/h3-7H,1-2H3,(H,14,15,16). The van der Waals surface area contributed by atoms with Crippen LogP contribution in [0.3, 0.4) is 0 Å². The molecule has 6 heteroatoms. The zero-order valence-corrected chi connectivity index (χ0v) is 9.98. The molecule has 0 saturated carbocycles. The Balaban J connectivity index is 2.33. The first-order valence-corrected chi connectivity index (χ1v) is 5.25. The summed E-state index contributed by atoms with van der Waals surface area (Å²) >= 11 is 0. The third-order valence-electron chi connectivity index (χ3n) is 2.21. The van der Waals surface area contributed by atoms with Crippen molar-refractivity contribution in [3.05, 3.63) is 36.3 Å². The molecule has 0 bridgehead atoms. The number of nitrogens with one attached hydrogen (secondary N) is 1. The number of nitrogens with zero attached hydrogens (tertiary/aromatic N) is 2. The lowest BCUT2D eigenvalue weighted by Gasteiger charge is -2.10. The van der Waals surface area contributed by atoms with Gasteiger partial charge in [-0.1, -0.05) is 12.1 Å². The van der Waals surface area contributed by atoms with E-state index in [9.17, 15) is 4.39 Å². The smallest absolute Gasteiger partial charge is 0.261 e. The Kier molecular flexibility index (Phi) is 3.57. The Morgan fingerprint density at radius 2 is 1.94 bits per heavy atom. The lowest BCUT2D eigenvalue weighted by molar-refractivity contribution is 0.363. The molecule has 18 heavy (non-hydrogen) atoms. The molecule has 0 aliphatic rings. The molecule has 2 aromatic rings. The quantitative estimate of drug-likeness (QED) is 0.902. The number of hydrogen-bond donors (Lipinski definition) is 1. The van der Waals surface area contributed by atoms with Crippen molar-refractivity contribution >= 4 is 5.95 Å². The van der Waals surface area contributed by atoms with Crippen molar-refractivity contribution in [1.29, 1.82) is 0 Å². The molecule has 1 aromatic carbocycles. The lowest BCUT2D eigenvalue weighted by Crippen LogP contribution is -2.00. The summed E-state index contributed by atoms with van der Waals surface area (Å²) in [7, 11) is 3.15. The first-order chi connectivity index (χ1) is 8.74. The summed E-state index contributed by atoms with van der Waals surface area (Å²) in [5.41, 5.74) is 0. The van der Waals surface area contributed by atoms with Gasteiger partial charge in [0.15, 0.2) is 11.5 Å². The second kappa shape index (κ2) is 5.31. The van der Waals surface area contributed by atoms with Crippen LogP contribution in [0.15, 0.2) is 30.5 Å². The van der Waals surface area contributed by atoms with Gasteiger partial charge >= 0.3 is 0 Å². The van der Waals surface area contributed by atoms with Crippen LogP contribution in [-0.2, 0) is 0 Å². The van der Waals surface area contributed by atoms with E-state index in [-0.39, 0.29) is 11.8 Å². The highest BCUT2D eigenvalue weighted by Gasteiger charge is 2.11. The van der Waals surface area contributed by atoms with E-state index in [0.717, 1.165) is 6.20 Å². The Bertz CT molecular complexity index is 549. The highest BCUT2D eigenvalue weighted by atomic mass is 19.1. The number of ether oxygens (including phenoxy) is 2. The van der Waals surface area contributed by atoms with Gasteiger partial charge < -0.3 is 14.8 Å². The second-order valence-corrected chi connectivity index (χ2v) is 3.35. The molecule has 0 aliphatic carbocycles. The molecule has 0 radical (unpaired) electrons. The summed E-state index contributed by atoms with van der Waals surface area (Å²) in [6.45, 7) is 0. The van der Waals surface area contributed by atoms with E-state index >= 15 is 0 Å². The van der Waals surface area contributed by atoms with Gasteiger partial charge in [0.1, 0.15) is 0 Å². The molecule has 5 nitrogen and oxygen atoms in total. The van der Waals surface area contributed by atoms with Crippen LogP contribution in [0.1, 0.15) is 0 Å². The van der Waals surface area contributed by atoms with Crippen molar-refractivity contribution < 1.29 is 13.9 Å². The average molecular weight is 249 g/mol. The number of anilines is 1. The Morgan fingerprint density at radius 1 is 1.22 bits per heavy atom. The van der Waals surface area contributed by atoms with E-state index in [1.165, 1.54) is 7.11 Å². The van der Waals surface area contributed by atoms with Gasteiger partial charge in [0, 0.05) is 7.05 Å². The molecule has 0 atom stereocenters. The van der Waals surface area contributed by atoms with Gasteiger partial charge in [-0.15, -0.1) is 0 Å². The minimum atomic E-state index is -0.639. The molecule has 1 N–H and O–H groups in total. The number of hydrogen-bond acceptors (Lipinski definition) is 5. The highest BCUT2D eigenvalue weighted by molar-refractivity contribution is 5.42. The SMILES string of the molecule is CNc1ncc(F)c(Oc2ccccc2OC)n1. The van der Waals surface area contributed by atoms with Gasteiger partial charge in [-0.2, -0.15) is 9.37 Å². The van der Waals surface area contributed by atoms with Gasteiger partial charge in [0.05, 0.1) is 13.3 Å². The Hall–Kier alpha value is -2.37. The number of halogens is 1. The van der Waals surface area contributed by atoms with Gasteiger partial charge in [-0.05, 0) is 12.1 Å². The fourth-order valence-corrected chi connectivity index (χ4v) is 1.35. The average Bonchev–Trinajstić information content (AvgIpc) is 2.42. The summed E-state index contributed by atoms with van der Waals surface area (Å²) < 4.78 is 24.0. The third-order valence-corrected chi connectivity index (χ3v) is 2.21. The van der Waals surface area contributed by atoms with E-state index < -0.39 is 5.82 Å². The largest absolute Gasteiger partial charge is 0.493 e. The van der Waals surface area contributed by atoms with Crippen molar-refractivity contribution in [2.24, 2.45) is 0 Å². The summed E-state index contributed by atoms with van der Waals surface area (Å²) in [4.78, 5) is 7.62. The van der Waals surface area contributed by atoms with Crippen LogP contribution < -0.4 is 14.8 Å². The monoisotopic (exact) mass is 249 g/mol. The summed E-state index contributed by atoms with van der Waals surface area (Å²) in [5, 5.41) is 2.71. The molecule has 94 valence electrons. The number of aromatic nitrogens is 2. The molecule has 0 amide bonds. The normalized spacial score (nSPS) is 9.94. The number of para-hydroxylation sites is 2.